The first kappa shape index (κ1) is 15.5. The number of methoxy groups -OCH3 is 1. The summed E-state index contributed by atoms with van der Waals surface area (Å²) >= 11 is 0. The summed E-state index contributed by atoms with van der Waals surface area (Å²) < 4.78 is 35.6. The van der Waals surface area contributed by atoms with Crippen molar-refractivity contribution < 1.29 is 32.3 Å². The molecule has 2 rings (SSSR count). The van der Waals surface area contributed by atoms with E-state index in [-0.39, 0.29) is 29.4 Å². The Hall–Kier alpha value is -1.87. The zero-order valence-corrected chi connectivity index (χ0v) is 12.3. The molecule has 0 saturated carbocycles. The zero-order chi connectivity index (χ0) is 15.8. The van der Waals surface area contributed by atoms with Crippen molar-refractivity contribution >= 4 is 22.0 Å². The van der Waals surface area contributed by atoms with Crippen LogP contribution in [-0.2, 0) is 19.6 Å². The summed E-state index contributed by atoms with van der Waals surface area (Å²) in [4.78, 5) is 22.3. The Labute approximate surface area is 121 Å². The zero-order valence-electron chi connectivity index (χ0n) is 11.5. The summed E-state index contributed by atoms with van der Waals surface area (Å²) in [6, 6.07) is -0.0286. The predicted molar refractivity (Wildman–Crippen MR) is 69.3 cm³/mol. The van der Waals surface area contributed by atoms with E-state index in [0.717, 1.165) is 17.5 Å². The maximum Gasteiger partial charge on any atom is 0.373 e. The highest BCUT2D eigenvalue weighted by Crippen LogP contribution is 2.29. The van der Waals surface area contributed by atoms with Gasteiger partial charge in [-0.05, 0) is 19.8 Å². The fraction of sp³-hybridized carbons (Fsp3) is 0.500. The molecule has 1 fully saturated rings. The number of ether oxygens (including phenoxy) is 1. The summed E-state index contributed by atoms with van der Waals surface area (Å²) in [7, 11) is -2.89. The number of rotatable bonds is 4. The maximum absolute atomic E-state index is 12.5. The van der Waals surface area contributed by atoms with Gasteiger partial charge in [-0.1, -0.05) is 0 Å². The molecule has 0 aromatic carbocycles. The van der Waals surface area contributed by atoms with Crippen LogP contribution in [0.25, 0.3) is 0 Å². The van der Waals surface area contributed by atoms with E-state index in [4.69, 9.17) is 9.52 Å². The number of hydrogen-bond donors (Lipinski definition) is 1. The van der Waals surface area contributed by atoms with Gasteiger partial charge in [0.1, 0.15) is 16.7 Å². The molecule has 1 aliphatic heterocycles. The molecule has 0 radical (unpaired) electrons. The Morgan fingerprint density at radius 3 is 2.71 bits per heavy atom. The van der Waals surface area contributed by atoms with Gasteiger partial charge in [-0.3, -0.25) is 4.79 Å². The minimum Gasteiger partial charge on any atom is -0.480 e. The largest absolute Gasteiger partial charge is 0.480 e. The van der Waals surface area contributed by atoms with Crippen LogP contribution in [0.3, 0.4) is 0 Å². The summed E-state index contributed by atoms with van der Waals surface area (Å²) in [5.74, 6) is -2.20. The molecule has 1 aromatic heterocycles. The Morgan fingerprint density at radius 2 is 2.14 bits per heavy atom. The number of aryl methyl sites for hydroxylation is 1. The first-order valence-electron chi connectivity index (χ1n) is 6.22. The van der Waals surface area contributed by atoms with Gasteiger partial charge in [-0.25, -0.2) is 13.2 Å². The second kappa shape index (κ2) is 5.49. The van der Waals surface area contributed by atoms with Crippen LogP contribution in [0.15, 0.2) is 15.4 Å². The predicted octanol–water partition coefficient (Wildman–Crippen LogP) is 0.612. The lowest BCUT2D eigenvalue weighted by Crippen LogP contribution is -2.40. The number of hydrogen-bond acceptors (Lipinski definition) is 6. The molecule has 2 heterocycles. The average molecular weight is 317 g/mol. The third kappa shape index (κ3) is 2.66. The first-order chi connectivity index (χ1) is 9.78. The van der Waals surface area contributed by atoms with Gasteiger partial charge >= 0.3 is 11.9 Å². The highest BCUT2D eigenvalue weighted by atomic mass is 32.2. The average Bonchev–Trinajstić information content (AvgIpc) is 3.04. The Bertz CT molecular complexity index is 676. The van der Waals surface area contributed by atoms with Crippen molar-refractivity contribution in [3.05, 3.63) is 17.6 Å². The molecule has 1 unspecified atom stereocenters. The lowest BCUT2D eigenvalue weighted by atomic mass is 10.2. The molecule has 1 saturated heterocycles. The summed E-state index contributed by atoms with van der Waals surface area (Å²) in [6.07, 6.45) is 0.728. The molecule has 9 heteroatoms. The highest BCUT2D eigenvalue weighted by Gasteiger charge is 2.41. The van der Waals surface area contributed by atoms with Gasteiger partial charge in [0.25, 0.3) is 0 Å². The molecule has 0 spiro atoms. The van der Waals surface area contributed by atoms with Crippen molar-refractivity contribution in [3.8, 4) is 0 Å². The van der Waals surface area contributed by atoms with Crippen molar-refractivity contribution in [2.45, 2.75) is 30.7 Å². The number of esters is 1. The van der Waals surface area contributed by atoms with Gasteiger partial charge in [0.05, 0.1) is 7.11 Å². The number of carbonyl (C=O) groups is 2. The van der Waals surface area contributed by atoms with E-state index in [1.54, 1.807) is 0 Å². The van der Waals surface area contributed by atoms with Crippen LogP contribution in [0.1, 0.15) is 29.2 Å². The van der Waals surface area contributed by atoms with E-state index in [9.17, 15) is 18.0 Å². The number of nitrogens with zero attached hydrogens (tertiary/aromatic N) is 1. The fourth-order valence-corrected chi connectivity index (χ4v) is 4.14. The minimum atomic E-state index is -4.03. The molecule has 1 aromatic rings. The summed E-state index contributed by atoms with van der Waals surface area (Å²) in [5, 5.41) is 9.09. The minimum absolute atomic E-state index is 0.0199. The SMILES string of the molecule is COC(=O)c1cc(S(=O)(=O)N2CCCC2C(=O)O)c(C)o1. The Balaban J connectivity index is 2.42. The lowest BCUT2D eigenvalue weighted by molar-refractivity contribution is -0.140. The third-order valence-corrected chi connectivity index (χ3v) is 5.35. The van der Waals surface area contributed by atoms with Gasteiger partial charge in [-0.2, -0.15) is 4.31 Å². The van der Waals surface area contributed by atoms with E-state index >= 15 is 0 Å². The van der Waals surface area contributed by atoms with E-state index in [0.29, 0.717) is 6.42 Å². The summed E-state index contributed by atoms with van der Waals surface area (Å²) in [5.41, 5.74) is 0. The molecule has 1 aliphatic rings. The van der Waals surface area contributed by atoms with Gasteiger partial charge < -0.3 is 14.3 Å². The van der Waals surface area contributed by atoms with Gasteiger partial charge in [0.15, 0.2) is 0 Å². The Kier molecular flexibility index (Phi) is 4.06. The monoisotopic (exact) mass is 317 g/mol. The second-order valence-corrected chi connectivity index (χ2v) is 6.49. The molecule has 1 atom stereocenters. The van der Waals surface area contributed by atoms with Gasteiger partial charge in [0, 0.05) is 12.6 Å². The number of carboxylic acids is 1. The molecular weight excluding hydrogens is 302 g/mol. The van der Waals surface area contributed by atoms with Gasteiger partial charge in [-0.15, -0.1) is 0 Å². The molecule has 0 amide bonds. The van der Waals surface area contributed by atoms with Crippen molar-refractivity contribution in [1.82, 2.24) is 4.31 Å². The smallest absolute Gasteiger partial charge is 0.373 e. The van der Waals surface area contributed by atoms with E-state index in [2.05, 4.69) is 4.74 Å². The number of aliphatic carboxylic acids is 1. The highest BCUT2D eigenvalue weighted by molar-refractivity contribution is 7.89. The molecule has 21 heavy (non-hydrogen) atoms. The number of sulfonamides is 1. The normalized spacial score (nSPS) is 19.6. The van der Waals surface area contributed by atoms with Crippen molar-refractivity contribution in [2.75, 3.05) is 13.7 Å². The number of carbonyl (C=O) groups excluding carboxylic acids is 1. The standard InChI is InChI=1S/C12H15NO7S/c1-7-10(6-9(20-7)12(16)19-2)21(17,18)13-5-3-4-8(13)11(14)15/h6,8H,3-5H2,1-2H3,(H,14,15). The molecule has 0 bridgehead atoms. The van der Waals surface area contributed by atoms with Crippen LogP contribution in [0, 0.1) is 6.92 Å². The van der Waals surface area contributed by atoms with Crippen LogP contribution in [0.2, 0.25) is 0 Å². The topological polar surface area (TPSA) is 114 Å². The second-order valence-electron chi connectivity index (χ2n) is 4.63. The van der Waals surface area contributed by atoms with Gasteiger partial charge in [0.2, 0.25) is 15.8 Å². The molecule has 8 nitrogen and oxygen atoms in total. The van der Waals surface area contributed by atoms with Crippen LogP contribution in [0.5, 0.6) is 0 Å². The van der Waals surface area contributed by atoms with E-state index < -0.39 is 28.0 Å². The van der Waals surface area contributed by atoms with E-state index in [1.165, 1.54) is 6.92 Å². The van der Waals surface area contributed by atoms with Crippen LogP contribution in [0.4, 0.5) is 0 Å². The summed E-state index contributed by atoms with van der Waals surface area (Å²) in [6.45, 7) is 1.52. The molecular formula is C12H15NO7S. The van der Waals surface area contributed by atoms with Crippen LogP contribution >= 0.6 is 0 Å². The van der Waals surface area contributed by atoms with E-state index in [1.807, 2.05) is 0 Å². The van der Waals surface area contributed by atoms with Crippen LogP contribution < -0.4 is 0 Å². The van der Waals surface area contributed by atoms with Crippen molar-refractivity contribution in [2.24, 2.45) is 0 Å². The fourth-order valence-electron chi connectivity index (χ4n) is 2.32. The molecule has 0 aliphatic carbocycles. The lowest BCUT2D eigenvalue weighted by Gasteiger charge is -2.20. The molecule has 116 valence electrons. The number of furan rings is 1. The maximum atomic E-state index is 12.5. The van der Waals surface area contributed by atoms with Crippen molar-refractivity contribution in [1.29, 1.82) is 0 Å². The quantitative estimate of drug-likeness (QED) is 0.809. The number of carboxylic acid groups (broad SMARTS) is 1. The first-order valence-corrected chi connectivity index (χ1v) is 7.66. The van der Waals surface area contributed by atoms with Crippen molar-refractivity contribution in [3.63, 3.8) is 0 Å². The third-order valence-electron chi connectivity index (χ3n) is 3.33. The Morgan fingerprint density at radius 1 is 1.48 bits per heavy atom. The van der Waals surface area contributed by atoms with Crippen LogP contribution in [-0.4, -0.2) is 49.5 Å². The molecule has 1 N–H and O–H groups in total.